The van der Waals surface area contributed by atoms with Crippen molar-refractivity contribution in [3.63, 3.8) is 0 Å². The normalized spacial score (nSPS) is 19.5. The summed E-state index contributed by atoms with van der Waals surface area (Å²) in [5.41, 5.74) is 4.34. The molecule has 3 aromatic rings. The first-order valence-electron chi connectivity index (χ1n) is 11.5. The molecule has 0 spiro atoms. The number of fused-ring (bicyclic) bond motifs is 1. The number of phenols is 1. The van der Waals surface area contributed by atoms with E-state index in [-0.39, 0.29) is 24.7 Å². The van der Waals surface area contributed by atoms with Gasteiger partial charge in [0, 0.05) is 37.0 Å². The van der Waals surface area contributed by atoms with Crippen LogP contribution >= 0.6 is 0 Å². The van der Waals surface area contributed by atoms with E-state index < -0.39 is 17.5 Å². The van der Waals surface area contributed by atoms with E-state index in [4.69, 9.17) is 0 Å². The van der Waals surface area contributed by atoms with Gasteiger partial charge in [0.25, 0.3) is 11.8 Å². The standard InChI is InChI=1S/C26H27N5O4/c1-5-31-25(35)27-24(34)26(31,14-30-13-18-8-11-20(32)12-21(18)23(30)33)19-9-6-17(7-10-19)22-15(2)28-29(4)16(22)3/h6-12,32H,5,13-14H2,1-4H3,(H,27,34,35)/t26-/m0/s1. The predicted octanol–water partition coefficient (Wildman–Crippen LogP) is 2.83. The summed E-state index contributed by atoms with van der Waals surface area (Å²) in [5.74, 6) is -0.733. The quantitative estimate of drug-likeness (QED) is 0.554. The van der Waals surface area contributed by atoms with Gasteiger partial charge in [0.2, 0.25) is 0 Å². The number of phenolic OH excluding ortho intramolecular Hbond substituents is 1. The molecule has 0 saturated carbocycles. The number of nitrogens with zero attached hydrogens (tertiary/aromatic N) is 4. The van der Waals surface area contributed by atoms with E-state index in [0.717, 1.165) is 28.1 Å². The summed E-state index contributed by atoms with van der Waals surface area (Å²) in [7, 11) is 1.90. The Morgan fingerprint density at radius 3 is 2.43 bits per heavy atom. The Morgan fingerprint density at radius 1 is 1.09 bits per heavy atom. The fourth-order valence-corrected chi connectivity index (χ4v) is 5.37. The molecule has 4 amide bonds. The molecule has 1 atom stereocenters. The number of likely N-dealkylation sites (N-methyl/N-ethyl adjacent to an activating group) is 1. The monoisotopic (exact) mass is 473 g/mol. The highest BCUT2D eigenvalue weighted by molar-refractivity contribution is 6.08. The van der Waals surface area contributed by atoms with Crippen LogP contribution in [0.25, 0.3) is 11.1 Å². The largest absolute Gasteiger partial charge is 0.508 e. The van der Waals surface area contributed by atoms with Gasteiger partial charge < -0.3 is 14.9 Å². The number of carbonyl (C=O) groups is 3. The highest BCUT2D eigenvalue weighted by Crippen LogP contribution is 2.38. The number of hydrogen-bond donors (Lipinski definition) is 2. The lowest BCUT2D eigenvalue weighted by atomic mass is 9.86. The van der Waals surface area contributed by atoms with E-state index >= 15 is 0 Å². The minimum atomic E-state index is -1.37. The molecular weight excluding hydrogens is 446 g/mol. The molecule has 35 heavy (non-hydrogen) atoms. The second-order valence-electron chi connectivity index (χ2n) is 9.11. The van der Waals surface area contributed by atoms with Crippen molar-refractivity contribution in [1.82, 2.24) is 24.9 Å². The molecule has 0 unspecified atom stereocenters. The van der Waals surface area contributed by atoms with Crippen molar-refractivity contribution in [1.29, 1.82) is 0 Å². The van der Waals surface area contributed by atoms with Crippen molar-refractivity contribution >= 4 is 17.8 Å². The Balaban J connectivity index is 1.57. The van der Waals surface area contributed by atoms with Crippen molar-refractivity contribution in [2.24, 2.45) is 7.05 Å². The number of aryl methyl sites for hydroxylation is 2. The average molecular weight is 474 g/mol. The Kier molecular flexibility index (Phi) is 5.16. The van der Waals surface area contributed by atoms with Crippen LogP contribution < -0.4 is 5.32 Å². The molecular formula is C26H27N5O4. The first-order chi connectivity index (χ1) is 16.7. The predicted molar refractivity (Wildman–Crippen MR) is 129 cm³/mol. The molecule has 0 radical (unpaired) electrons. The van der Waals surface area contributed by atoms with Gasteiger partial charge in [-0.25, -0.2) is 4.79 Å². The Bertz CT molecular complexity index is 1380. The molecule has 2 aliphatic rings. The van der Waals surface area contributed by atoms with Crippen LogP contribution in [0.2, 0.25) is 0 Å². The topological polar surface area (TPSA) is 108 Å². The number of carbonyl (C=O) groups excluding carboxylic acids is 3. The smallest absolute Gasteiger partial charge is 0.325 e. The van der Waals surface area contributed by atoms with E-state index in [1.165, 1.54) is 17.0 Å². The minimum absolute atomic E-state index is 0.00299. The van der Waals surface area contributed by atoms with Gasteiger partial charge in [-0.05, 0) is 49.6 Å². The summed E-state index contributed by atoms with van der Waals surface area (Å²) in [6.45, 7) is 6.34. The summed E-state index contributed by atoms with van der Waals surface area (Å²) in [6.07, 6.45) is 0. The first-order valence-corrected chi connectivity index (χ1v) is 11.5. The number of benzene rings is 2. The maximum Gasteiger partial charge on any atom is 0.325 e. The van der Waals surface area contributed by atoms with Gasteiger partial charge in [-0.2, -0.15) is 5.10 Å². The molecule has 1 fully saturated rings. The highest BCUT2D eigenvalue weighted by atomic mass is 16.3. The number of aromatic nitrogens is 2. The molecule has 5 rings (SSSR count). The molecule has 2 N–H and O–H groups in total. The molecule has 2 aliphatic heterocycles. The van der Waals surface area contributed by atoms with Crippen LogP contribution in [-0.2, 0) is 23.9 Å². The second kappa shape index (κ2) is 7.97. The SMILES string of the molecule is CCN1C(=O)NC(=O)[C@]1(CN1Cc2ccc(O)cc2C1=O)c1ccc(-c2c(C)nn(C)c2C)cc1. The Hall–Kier alpha value is -4.14. The van der Waals surface area contributed by atoms with E-state index in [1.54, 1.807) is 11.0 Å². The molecule has 9 nitrogen and oxygen atoms in total. The lowest BCUT2D eigenvalue weighted by Crippen LogP contribution is -2.54. The van der Waals surface area contributed by atoms with Crippen molar-refractivity contribution in [2.45, 2.75) is 32.9 Å². The molecule has 1 aromatic heterocycles. The number of hydrogen-bond acceptors (Lipinski definition) is 5. The van der Waals surface area contributed by atoms with Gasteiger partial charge in [0.15, 0.2) is 5.54 Å². The van der Waals surface area contributed by atoms with Gasteiger partial charge in [-0.15, -0.1) is 0 Å². The zero-order chi connectivity index (χ0) is 25.1. The van der Waals surface area contributed by atoms with E-state index in [1.807, 2.05) is 56.8 Å². The maximum atomic E-state index is 13.4. The number of nitrogens with one attached hydrogen (secondary N) is 1. The summed E-state index contributed by atoms with van der Waals surface area (Å²) in [4.78, 5) is 42.4. The van der Waals surface area contributed by atoms with E-state index in [9.17, 15) is 19.5 Å². The minimum Gasteiger partial charge on any atom is -0.508 e. The van der Waals surface area contributed by atoms with Crippen LogP contribution in [0.4, 0.5) is 4.79 Å². The van der Waals surface area contributed by atoms with Crippen LogP contribution in [0.1, 0.15) is 39.8 Å². The maximum absolute atomic E-state index is 13.4. The third-order valence-corrected chi connectivity index (χ3v) is 7.17. The van der Waals surface area contributed by atoms with Crippen LogP contribution in [-0.4, -0.2) is 55.6 Å². The second-order valence-corrected chi connectivity index (χ2v) is 9.11. The van der Waals surface area contributed by atoms with Gasteiger partial charge in [0.1, 0.15) is 5.75 Å². The van der Waals surface area contributed by atoms with Gasteiger partial charge in [-0.1, -0.05) is 30.3 Å². The fraction of sp³-hybridized carbons (Fsp3) is 0.308. The Morgan fingerprint density at radius 2 is 1.80 bits per heavy atom. The van der Waals surface area contributed by atoms with Gasteiger partial charge in [0.05, 0.1) is 12.2 Å². The number of imide groups is 1. The van der Waals surface area contributed by atoms with Gasteiger partial charge in [-0.3, -0.25) is 19.6 Å². The summed E-state index contributed by atoms with van der Waals surface area (Å²) >= 11 is 0. The molecule has 180 valence electrons. The summed E-state index contributed by atoms with van der Waals surface area (Å²) < 4.78 is 1.83. The first kappa shape index (κ1) is 22.6. The molecule has 9 heteroatoms. The zero-order valence-corrected chi connectivity index (χ0v) is 20.1. The van der Waals surface area contributed by atoms with E-state index in [0.29, 0.717) is 17.7 Å². The number of amides is 4. The Labute approximate surface area is 203 Å². The number of aromatic hydroxyl groups is 1. The van der Waals surface area contributed by atoms with Crippen LogP contribution in [0.15, 0.2) is 42.5 Å². The van der Waals surface area contributed by atoms with Crippen molar-refractivity contribution in [2.75, 3.05) is 13.1 Å². The lowest BCUT2D eigenvalue weighted by Gasteiger charge is -2.38. The lowest BCUT2D eigenvalue weighted by molar-refractivity contribution is -0.127. The number of rotatable bonds is 5. The highest BCUT2D eigenvalue weighted by Gasteiger charge is 2.55. The molecule has 1 saturated heterocycles. The number of urea groups is 1. The summed E-state index contributed by atoms with van der Waals surface area (Å²) in [5, 5.41) is 16.8. The fourth-order valence-electron chi connectivity index (χ4n) is 5.37. The molecule has 0 aliphatic carbocycles. The third kappa shape index (κ3) is 3.30. The zero-order valence-electron chi connectivity index (χ0n) is 20.1. The van der Waals surface area contributed by atoms with Crippen molar-refractivity contribution in [3.8, 4) is 16.9 Å². The van der Waals surface area contributed by atoms with Crippen LogP contribution in [0.3, 0.4) is 0 Å². The van der Waals surface area contributed by atoms with E-state index in [2.05, 4.69) is 10.4 Å². The van der Waals surface area contributed by atoms with Gasteiger partial charge >= 0.3 is 6.03 Å². The molecule has 2 aromatic carbocycles. The van der Waals surface area contributed by atoms with Crippen molar-refractivity contribution in [3.05, 3.63) is 70.5 Å². The average Bonchev–Trinajstić information content (AvgIpc) is 3.36. The van der Waals surface area contributed by atoms with Crippen molar-refractivity contribution < 1.29 is 19.5 Å². The van der Waals surface area contributed by atoms with Crippen LogP contribution in [0.5, 0.6) is 5.75 Å². The molecule has 0 bridgehead atoms. The third-order valence-electron chi connectivity index (χ3n) is 7.17. The summed E-state index contributed by atoms with van der Waals surface area (Å²) in [6, 6.07) is 11.8. The van der Waals surface area contributed by atoms with Crippen LogP contribution in [0, 0.1) is 13.8 Å². The molecule has 3 heterocycles.